The molecule has 1 aromatic heterocycles. The molecule has 0 aliphatic carbocycles. The molecule has 2 heterocycles. The minimum absolute atomic E-state index is 0. The molecule has 147 valence electrons. The summed E-state index contributed by atoms with van der Waals surface area (Å²) in [5, 5.41) is 10.4. The number of aryl methyl sites for hydroxylation is 1. The average Bonchev–Trinajstić information content (AvgIpc) is 3.04. The number of fused-ring (bicyclic) bond motifs is 1. The minimum Gasteiger partial charge on any atom is -0.504 e. The van der Waals surface area contributed by atoms with E-state index in [9.17, 15) is 22.3 Å². The van der Waals surface area contributed by atoms with Gasteiger partial charge in [-0.1, -0.05) is 38.1 Å². The molecule has 1 aliphatic heterocycles. The van der Waals surface area contributed by atoms with Gasteiger partial charge < -0.3 is 12.5 Å². The van der Waals surface area contributed by atoms with Gasteiger partial charge in [-0.2, -0.15) is 8.75 Å². The Bertz CT molecular complexity index is 902. The van der Waals surface area contributed by atoms with Crippen molar-refractivity contribution in [1.82, 2.24) is 8.75 Å². The van der Waals surface area contributed by atoms with Crippen molar-refractivity contribution in [3.8, 4) is 0 Å². The molecule has 0 saturated carbocycles. The summed E-state index contributed by atoms with van der Waals surface area (Å²) in [4.78, 5) is -0.434. The Morgan fingerprint density at radius 1 is 1.22 bits per heavy atom. The number of hydrogen-bond donors (Lipinski definition) is 1. The molecule has 0 unspecified atom stereocenters. The average molecular weight is 493 g/mol. The SMILES string of the molecule is CC.Cc1ccccc1C1=C(O)c2nsnc2N(CC(F)F)S1(=O)=O.[CH3-].[Y]. The second-order valence-corrected chi connectivity index (χ2v) is 7.18. The van der Waals surface area contributed by atoms with Crippen LogP contribution in [0.3, 0.4) is 0 Å². The zero-order chi connectivity index (χ0) is 18.8. The fourth-order valence-corrected chi connectivity index (χ4v) is 4.69. The van der Waals surface area contributed by atoms with Gasteiger partial charge in [-0.05, 0) is 12.5 Å². The van der Waals surface area contributed by atoms with Crippen LogP contribution in [0.15, 0.2) is 24.3 Å². The van der Waals surface area contributed by atoms with Gasteiger partial charge in [-0.25, -0.2) is 21.5 Å². The molecule has 0 bridgehead atoms. The molecule has 0 amide bonds. The standard InChI is InChI=1S/C13H11F2N3O3S2.C2H6.CH3.Y/c1-7-4-2-3-5-8(7)12-11(19)10-13(17-22-16-10)18(6-9(14)15)23(12,20)21;1-2;;/h2-5,9,19H,6H2,1H3;1-2H3;1H3;/q;;-1;. The van der Waals surface area contributed by atoms with E-state index in [-0.39, 0.29) is 57.2 Å². The number of benzene rings is 1. The summed E-state index contributed by atoms with van der Waals surface area (Å²) in [7, 11) is -4.38. The molecule has 1 radical (unpaired) electrons. The van der Waals surface area contributed by atoms with E-state index in [4.69, 9.17) is 0 Å². The van der Waals surface area contributed by atoms with Crippen molar-refractivity contribution in [2.75, 3.05) is 10.8 Å². The van der Waals surface area contributed by atoms with Crippen LogP contribution >= 0.6 is 11.7 Å². The van der Waals surface area contributed by atoms with E-state index in [2.05, 4.69) is 8.75 Å². The van der Waals surface area contributed by atoms with E-state index < -0.39 is 33.7 Å². The Balaban J connectivity index is 0.00000164. The number of anilines is 1. The Morgan fingerprint density at radius 3 is 2.37 bits per heavy atom. The van der Waals surface area contributed by atoms with Crippen LogP contribution in [0.25, 0.3) is 10.7 Å². The number of halogens is 2. The summed E-state index contributed by atoms with van der Waals surface area (Å²) in [6.07, 6.45) is -2.89. The first kappa shape index (κ1) is 26.0. The van der Waals surface area contributed by atoms with Crippen LogP contribution in [0.1, 0.15) is 30.7 Å². The molecule has 3 rings (SSSR count). The van der Waals surface area contributed by atoms with Crippen molar-refractivity contribution in [2.45, 2.75) is 27.2 Å². The normalized spacial score (nSPS) is 14.5. The topological polar surface area (TPSA) is 83.4 Å². The molecule has 0 saturated heterocycles. The third-order valence-corrected chi connectivity index (χ3v) is 5.74. The number of aliphatic hydroxyl groups is 1. The number of aromatic nitrogens is 2. The van der Waals surface area contributed by atoms with E-state index in [0.717, 1.165) is 0 Å². The second kappa shape index (κ2) is 10.5. The van der Waals surface area contributed by atoms with Crippen LogP contribution in [-0.2, 0) is 42.7 Å². The third-order valence-electron chi connectivity index (χ3n) is 3.39. The zero-order valence-electron chi connectivity index (χ0n) is 15.3. The van der Waals surface area contributed by atoms with Gasteiger partial charge in [0.2, 0.25) is 0 Å². The number of alkyl halides is 2. The van der Waals surface area contributed by atoms with Crippen molar-refractivity contribution >= 4 is 38.2 Å². The summed E-state index contributed by atoms with van der Waals surface area (Å²) in [5.74, 6) is -0.848. The maximum Gasteiger partial charge on any atom is 0.270 e. The molecule has 27 heavy (non-hydrogen) atoms. The molecular weight excluding hydrogens is 473 g/mol. The number of nitrogens with zero attached hydrogens (tertiary/aromatic N) is 3. The summed E-state index contributed by atoms with van der Waals surface area (Å²) >= 11 is 0.647. The molecule has 1 aliphatic rings. The van der Waals surface area contributed by atoms with Gasteiger partial charge in [0.1, 0.15) is 4.91 Å². The van der Waals surface area contributed by atoms with Gasteiger partial charge in [0.25, 0.3) is 16.4 Å². The van der Waals surface area contributed by atoms with Crippen molar-refractivity contribution < 1.29 is 55.0 Å². The Labute approximate surface area is 187 Å². The van der Waals surface area contributed by atoms with Gasteiger partial charge in [0, 0.05) is 38.3 Å². The molecule has 0 spiro atoms. The van der Waals surface area contributed by atoms with Crippen molar-refractivity contribution in [2.24, 2.45) is 0 Å². The smallest absolute Gasteiger partial charge is 0.270 e. The number of aliphatic hydroxyl groups excluding tert-OH is 1. The quantitative estimate of drug-likeness (QED) is 0.651. The first-order valence-electron chi connectivity index (χ1n) is 7.47. The van der Waals surface area contributed by atoms with Crippen LogP contribution in [0.4, 0.5) is 14.6 Å². The summed E-state index contributed by atoms with van der Waals surface area (Å²) in [6, 6.07) is 6.48. The van der Waals surface area contributed by atoms with E-state index in [1.165, 1.54) is 6.07 Å². The molecule has 2 aromatic rings. The molecule has 1 N–H and O–H groups in total. The van der Waals surface area contributed by atoms with E-state index in [1.807, 2.05) is 13.8 Å². The van der Waals surface area contributed by atoms with Gasteiger partial charge in [-0.3, -0.25) is 0 Å². The van der Waals surface area contributed by atoms with Crippen molar-refractivity contribution in [1.29, 1.82) is 0 Å². The first-order chi connectivity index (χ1) is 11.8. The van der Waals surface area contributed by atoms with E-state index in [1.54, 1.807) is 25.1 Å². The fourth-order valence-electron chi connectivity index (χ4n) is 2.35. The molecule has 6 nitrogen and oxygen atoms in total. The monoisotopic (exact) mass is 493 g/mol. The summed E-state index contributed by atoms with van der Waals surface area (Å²) in [5.41, 5.74) is 0.716. The van der Waals surface area contributed by atoms with Crippen LogP contribution in [-0.4, -0.2) is 35.2 Å². The third kappa shape index (κ3) is 4.91. The molecule has 0 fully saturated rings. The molecular formula is C16H20F2N3O3S2Y-. The minimum atomic E-state index is -4.38. The van der Waals surface area contributed by atoms with Gasteiger partial charge >= 0.3 is 0 Å². The fraction of sp³-hybridized carbons (Fsp3) is 0.312. The first-order valence-corrected chi connectivity index (χ1v) is 9.64. The summed E-state index contributed by atoms with van der Waals surface area (Å²) < 4.78 is 59.3. The summed E-state index contributed by atoms with van der Waals surface area (Å²) in [6.45, 7) is 4.61. The zero-order valence-corrected chi connectivity index (χ0v) is 19.8. The number of sulfonamides is 1. The maximum atomic E-state index is 12.8. The largest absolute Gasteiger partial charge is 0.504 e. The van der Waals surface area contributed by atoms with E-state index >= 15 is 0 Å². The number of hydrogen-bond acceptors (Lipinski definition) is 6. The van der Waals surface area contributed by atoms with Crippen LogP contribution in [0.2, 0.25) is 0 Å². The Kier molecular flexibility index (Phi) is 10.2. The van der Waals surface area contributed by atoms with Crippen LogP contribution in [0, 0.1) is 14.4 Å². The predicted molar refractivity (Wildman–Crippen MR) is 101 cm³/mol. The van der Waals surface area contributed by atoms with Crippen LogP contribution < -0.4 is 4.31 Å². The second-order valence-electron chi connectivity index (χ2n) is 4.86. The Hall–Kier alpha value is -0.966. The van der Waals surface area contributed by atoms with Gasteiger partial charge in [0.05, 0.1) is 18.3 Å². The Morgan fingerprint density at radius 2 is 1.81 bits per heavy atom. The van der Waals surface area contributed by atoms with Crippen molar-refractivity contribution in [3.63, 3.8) is 0 Å². The van der Waals surface area contributed by atoms with Gasteiger partial charge in [-0.15, -0.1) is 0 Å². The maximum absolute atomic E-state index is 12.8. The van der Waals surface area contributed by atoms with Crippen LogP contribution in [0.5, 0.6) is 0 Å². The molecule has 0 atom stereocenters. The number of rotatable bonds is 3. The molecule has 1 aromatic carbocycles. The van der Waals surface area contributed by atoms with E-state index in [0.29, 0.717) is 21.6 Å². The van der Waals surface area contributed by atoms with Crippen molar-refractivity contribution in [3.05, 3.63) is 48.5 Å². The predicted octanol–water partition coefficient (Wildman–Crippen LogP) is 4.12. The van der Waals surface area contributed by atoms with Gasteiger partial charge in [0.15, 0.2) is 17.3 Å². The molecule has 11 heteroatoms.